The third-order valence-corrected chi connectivity index (χ3v) is 7.87. The Labute approximate surface area is 238 Å². The molecule has 0 bridgehead atoms. The van der Waals surface area contributed by atoms with Crippen molar-refractivity contribution in [1.29, 1.82) is 0 Å². The van der Waals surface area contributed by atoms with Gasteiger partial charge in [0.2, 0.25) is 5.95 Å². The Morgan fingerprint density at radius 1 is 1.05 bits per heavy atom. The Morgan fingerprint density at radius 3 is 2.35 bits per heavy atom. The van der Waals surface area contributed by atoms with Crippen molar-refractivity contribution in [1.82, 2.24) is 9.97 Å². The number of aliphatic imine (C=N–C) groups is 1. The van der Waals surface area contributed by atoms with Gasteiger partial charge in [0.25, 0.3) is 0 Å². The molecule has 1 aromatic heterocycles. The number of nitrogens with one attached hydrogen (secondary N) is 2. The van der Waals surface area contributed by atoms with Crippen LogP contribution in [0.5, 0.6) is 0 Å². The first-order chi connectivity index (χ1) is 19.1. The summed E-state index contributed by atoms with van der Waals surface area (Å²) in [7, 11) is 0. The first-order valence-electron chi connectivity index (χ1n) is 14.1. The number of dihydropyridines is 1. The molecular weight excluding hydrogens is 496 g/mol. The second-order valence-corrected chi connectivity index (χ2v) is 10.9. The van der Waals surface area contributed by atoms with E-state index in [4.69, 9.17) is 15.7 Å². The summed E-state index contributed by atoms with van der Waals surface area (Å²) in [6.45, 7) is 17.2. The topological polar surface area (TPSA) is 108 Å². The van der Waals surface area contributed by atoms with E-state index in [1.54, 1.807) is 6.07 Å². The smallest absolute Gasteiger partial charge is 0.230 e. The summed E-state index contributed by atoms with van der Waals surface area (Å²) in [6, 6.07) is 8.20. The van der Waals surface area contributed by atoms with Crippen molar-refractivity contribution >= 4 is 34.2 Å². The van der Waals surface area contributed by atoms with E-state index >= 15 is 0 Å². The van der Waals surface area contributed by atoms with Crippen LogP contribution in [0.4, 0.5) is 17.5 Å². The van der Waals surface area contributed by atoms with Gasteiger partial charge in [0.1, 0.15) is 11.7 Å². The summed E-state index contributed by atoms with van der Waals surface area (Å²) in [5.41, 5.74) is 19.4. The molecule has 0 spiro atoms. The van der Waals surface area contributed by atoms with Gasteiger partial charge in [0.05, 0.1) is 17.2 Å². The van der Waals surface area contributed by atoms with Crippen molar-refractivity contribution < 1.29 is 5.21 Å². The van der Waals surface area contributed by atoms with Crippen LogP contribution >= 0.6 is 0 Å². The molecule has 3 aromatic rings. The number of amidine groups is 1. The highest BCUT2D eigenvalue weighted by Crippen LogP contribution is 2.38. The van der Waals surface area contributed by atoms with E-state index in [1.165, 1.54) is 22.3 Å². The zero-order valence-electron chi connectivity index (χ0n) is 25.0. The number of rotatable bonds is 7. The normalized spacial score (nSPS) is 17.6. The average Bonchev–Trinajstić information content (AvgIpc) is 2.92. The first-order valence-corrected chi connectivity index (χ1v) is 14.1. The standard InChI is InChI=1S/C33H42N6O/c1-9-18(3)13-20(5)24-14-21(6)30(22(7)15-24)27-16-25(39-40)17-28-31(27)37-33(38-32(28)34)36-29-12-11-26(19(4)10-2)23(8)35-29/h11-17,20,23,39-40H,9-10H2,1-8H3,(H3,34,35,36,37,38)/b18-13-,26-19-. The maximum Gasteiger partial charge on any atom is 0.230 e. The second-order valence-electron chi connectivity index (χ2n) is 10.9. The number of nitrogen functional groups attached to an aromatic ring is 1. The minimum atomic E-state index is 0.0427. The van der Waals surface area contributed by atoms with Gasteiger partial charge in [-0.15, -0.1) is 0 Å². The van der Waals surface area contributed by atoms with Crippen LogP contribution in [-0.2, 0) is 0 Å². The zero-order chi connectivity index (χ0) is 29.1. The van der Waals surface area contributed by atoms with Crippen molar-refractivity contribution in [2.24, 2.45) is 4.99 Å². The molecule has 2 unspecified atom stereocenters. The average molecular weight is 539 g/mol. The van der Waals surface area contributed by atoms with E-state index in [0.717, 1.165) is 35.1 Å². The number of hydrogen-bond acceptors (Lipinski definition) is 7. The highest BCUT2D eigenvalue weighted by Gasteiger charge is 2.19. The molecule has 0 fully saturated rings. The SMILES string of the molecule is CC/C(C)=C\C(C)c1cc(C)c(-c2cc(NO)cc3c(N)nc(NC4=NC(C)/C(=C(/C)CC)C=C4)nc23)c(C)c1. The minimum absolute atomic E-state index is 0.0427. The number of nitrogens with zero attached hydrogens (tertiary/aromatic N) is 3. The van der Waals surface area contributed by atoms with Crippen LogP contribution in [0.2, 0.25) is 0 Å². The van der Waals surface area contributed by atoms with Crippen LogP contribution < -0.4 is 16.5 Å². The van der Waals surface area contributed by atoms with Crippen LogP contribution in [0.1, 0.15) is 77.0 Å². The molecule has 0 saturated carbocycles. The number of allylic oxidation sites excluding steroid dienone is 3. The molecule has 0 radical (unpaired) electrons. The lowest BCUT2D eigenvalue weighted by Gasteiger charge is -2.20. The van der Waals surface area contributed by atoms with Crippen LogP contribution in [-0.4, -0.2) is 27.1 Å². The van der Waals surface area contributed by atoms with Gasteiger partial charge in [-0.3, -0.25) is 15.7 Å². The molecule has 0 aliphatic carbocycles. The number of aromatic nitrogens is 2. The fourth-order valence-corrected chi connectivity index (χ4v) is 5.41. The molecule has 7 heteroatoms. The monoisotopic (exact) mass is 538 g/mol. The lowest BCUT2D eigenvalue weighted by atomic mass is 9.88. The van der Waals surface area contributed by atoms with Crippen LogP contribution in [0.15, 0.2) is 64.2 Å². The number of anilines is 3. The molecule has 1 aliphatic heterocycles. The van der Waals surface area contributed by atoms with Crippen molar-refractivity contribution in [3.05, 3.63) is 75.9 Å². The Bertz CT molecular complexity index is 1540. The van der Waals surface area contributed by atoms with Gasteiger partial charge >= 0.3 is 0 Å². The Kier molecular flexibility index (Phi) is 8.74. The van der Waals surface area contributed by atoms with E-state index in [1.807, 2.05) is 12.1 Å². The summed E-state index contributed by atoms with van der Waals surface area (Å²) in [4.78, 5) is 14.3. The van der Waals surface area contributed by atoms with Gasteiger partial charge in [-0.1, -0.05) is 56.2 Å². The molecule has 2 heterocycles. The summed E-state index contributed by atoms with van der Waals surface area (Å²) >= 11 is 0. The zero-order valence-corrected chi connectivity index (χ0v) is 25.0. The molecule has 0 saturated heterocycles. The number of benzene rings is 2. The number of aryl methyl sites for hydroxylation is 2. The fourth-order valence-electron chi connectivity index (χ4n) is 5.41. The maximum atomic E-state index is 9.82. The van der Waals surface area contributed by atoms with Crippen molar-refractivity contribution in [3.63, 3.8) is 0 Å². The van der Waals surface area contributed by atoms with E-state index < -0.39 is 0 Å². The van der Waals surface area contributed by atoms with E-state index in [-0.39, 0.29) is 6.04 Å². The van der Waals surface area contributed by atoms with Gasteiger partial charge in [-0.25, -0.2) is 4.98 Å². The second kappa shape index (κ2) is 12.0. The predicted molar refractivity (Wildman–Crippen MR) is 169 cm³/mol. The Hall–Kier alpha value is -3.97. The van der Waals surface area contributed by atoms with Gasteiger partial charge in [-0.05, 0) is 99.4 Å². The van der Waals surface area contributed by atoms with Crippen molar-refractivity contribution in [3.8, 4) is 11.1 Å². The Balaban J connectivity index is 1.82. The molecule has 40 heavy (non-hydrogen) atoms. The summed E-state index contributed by atoms with van der Waals surface area (Å²) in [5.74, 6) is 1.70. The molecular formula is C33H42N6O. The largest absolute Gasteiger partial charge is 0.383 e. The number of hydrogen-bond donors (Lipinski definition) is 4. The van der Waals surface area contributed by atoms with E-state index in [2.05, 4.69) is 95.5 Å². The summed E-state index contributed by atoms with van der Waals surface area (Å²) in [6.07, 6.45) is 8.44. The summed E-state index contributed by atoms with van der Waals surface area (Å²) < 4.78 is 0. The van der Waals surface area contributed by atoms with Gasteiger partial charge in [0.15, 0.2) is 0 Å². The van der Waals surface area contributed by atoms with Crippen molar-refractivity contribution in [2.45, 2.75) is 80.2 Å². The number of fused-ring (bicyclic) bond motifs is 1. The van der Waals surface area contributed by atoms with Crippen LogP contribution in [0.25, 0.3) is 22.0 Å². The quantitative estimate of drug-likeness (QED) is 0.178. The first kappa shape index (κ1) is 29.0. The lowest BCUT2D eigenvalue weighted by molar-refractivity contribution is 0.389. The highest BCUT2D eigenvalue weighted by molar-refractivity contribution is 6.06. The molecule has 2 atom stereocenters. The maximum absolute atomic E-state index is 9.82. The molecule has 1 aliphatic rings. The van der Waals surface area contributed by atoms with Gasteiger partial charge < -0.3 is 11.1 Å². The molecule has 4 rings (SSSR count). The van der Waals surface area contributed by atoms with E-state index in [9.17, 15) is 5.21 Å². The molecule has 5 N–H and O–H groups in total. The van der Waals surface area contributed by atoms with Crippen LogP contribution in [0, 0.1) is 13.8 Å². The predicted octanol–water partition coefficient (Wildman–Crippen LogP) is 8.25. The third-order valence-electron chi connectivity index (χ3n) is 7.87. The lowest BCUT2D eigenvalue weighted by Crippen LogP contribution is -2.20. The fraction of sp³-hybridized carbons (Fsp3) is 0.364. The van der Waals surface area contributed by atoms with E-state index in [0.29, 0.717) is 40.1 Å². The van der Waals surface area contributed by atoms with Gasteiger partial charge in [-0.2, -0.15) is 4.98 Å². The van der Waals surface area contributed by atoms with Crippen molar-refractivity contribution in [2.75, 3.05) is 16.5 Å². The number of nitrogens with two attached hydrogens (primary N) is 1. The minimum Gasteiger partial charge on any atom is -0.383 e. The molecule has 0 amide bonds. The molecule has 7 nitrogen and oxygen atoms in total. The third kappa shape index (κ3) is 5.94. The summed E-state index contributed by atoms with van der Waals surface area (Å²) in [5, 5.41) is 13.8. The van der Waals surface area contributed by atoms with Gasteiger partial charge in [0, 0.05) is 10.9 Å². The molecule has 210 valence electrons. The molecule has 2 aromatic carbocycles. The Morgan fingerprint density at radius 2 is 1.75 bits per heavy atom. The highest BCUT2D eigenvalue weighted by atomic mass is 16.5. The van der Waals surface area contributed by atoms with Crippen LogP contribution in [0.3, 0.4) is 0 Å².